The molecule has 0 unspecified atom stereocenters. The second-order valence-corrected chi connectivity index (χ2v) is 7.17. The standard InChI is InChI=1S/C20H20FN5O3/c1-13-17(26(25-24-13)16-6-4-3-5-15(16)21)10-29-18-8-7-14(9-22-18)19(27)23-20(2)11-28-12-20/h3-9H,10-12H2,1-2H3,(H,23,27). The van der Waals surface area contributed by atoms with Gasteiger partial charge in [0, 0.05) is 12.3 Å². The van der Waals surface area contributed by atoms with Gasteiger partial charge >= 0.3 is 0 Å². The van der Waals surface area contributed by atoms with Gasteiger partial charge in [-0.3, -0.25) is 4.79 Å². The van der Waals surface area contributed by atoms with Crippen LogP contribution in [0.3, 0.4) is 0 Å². The van der Waals surface area contributed by atoms with Gasteiger partial charge in [-0.15, -0.1) is 5.10 Å². The lowest BCUT2D eigenvalue weighted by Gasteiger charge is -2.38. The smallest absolute Gasteiger partial charge is 0.253 e. The monoisotopic (exact) mass is 397 g/mol. The number of nitrogens with zero attached hydrogens (tertiary/aromatic N) is 4. The van der Waals surface area contributed by atoms with Crippen molar-refractivity contribution in [3.05, 3.63) is 65.4 Å². The van der Waals surface area contributed by atoms with Crippen LogP contribution >= 0.6 is 0 Å². The Kier molecular flexibility index (Phi) is 4.98. The van der Waals surface area contributed by atoms with Crippen LogP contribution in [0, 0.1) is 12.7 Å². The van der Waals surface area contributed by atoms with E-state index in [0.29, 0.717) is 41.7 Å². The van der Waals surface area contributed by atoms with E-state index in [1.807, 2.05) is 6.92 Å². The van der Waals surface area contributed by atoms with Crippen LogP contribution in [-0.4, -0.2) is 44.6 Å². The fourth-order valence-electron chi connectivity index (χ4n) is 2.93. The SMILES string of the molecule is Cc1nnn(-c2ccccc2F)c1COc1ccc(C(=O)NC2(C)COC2)cn1. The minimum absolute atomic E-state index is 0.0983. The Hall–Kier alpha value is -3.33. The summed E-state index contributed by atoms with van der Waals surface area (Å²) in [6, 6.07) is 9.56. The molecule has 1 aliphatic rings. The highest BCUT2D eigenvalue weighted by molar-refractivity contribution is 5.94. The van der Waals surface area contributed by atoms with E-state index < -0.39 is 5.82 Å². The van der Waals surface area contributed by atoms with Gasteiger partial charge in [0.15, 0.2) is 0 Å². The lowest BCUT2D eigenvalue weighted by Crippen LogP contribution is -2.59. The third kappa shape index (κ3) is 3.95. The first-order valence-electron chi connectivity index (χ1n) is 9.10. The van der Waals surface area contributed by atoms with E-state index in [0.717, 1.165) is 0 Å². The predicted octanol–water partition coefficient (Wildman–Crippen LogP) is 2.21. The first-order valence-corrected chi connectivity index (χ1v) is 9.10. The Morgan fingerprint density at radius 3 is 2.76 bits per heavy atom. The molecule has 1 amide bonds. The van der Waals surface area contributed by atoms with Crippen LogP contribution in [0.4, 0.5) is 4.39 Å². The topological polar surface area (TPSA) is 91.2 Å². The van der Waals surface area contributed by atoms with E-state index in [-0.39, 0.29) is 18.1 Å². The lowest BCUT2D eigenvalue weighted by molar-refractivity contribution is -0.0593. The van der Waals surface area contributed by atoms with Gasteiger partial charge < -0.3 is 14.8 Å². The maximum absolute atomic E-state index is 14.1. The number of nitrogens with one attached hydrogen (secondary N) is 1. The average molecular weight is 397 g/mol. The first kappa shape index (κ1) is 19.0. The fraction of sp³-hybridized carbons (Fsp3) is 0.300. The Balaban J connectivity index is 1.44. The molecule has 1 fully saturated rings. The number of aryl methyl sites for hydroxylation is 1. The summed E-state index contributed by atoms with van der Waals surface area (Å²) in [5, 5.41) is 10.9. The number of benzene rings is 1. The molecule has 0 radical (unpaired) electrons. The zero-order chi connectivity index (χ0) is 20.4. The maximum Gasteiger partial charge on any atom is 0.253 e. The second kappa shape index (κ2) is 7.59. The molecule has 0 atom stereocenters. The quantitative estimate of drug-likeness (QED) is 0.686. The number of halogens is 1. The summed E-state index contributed by atoms with van der Waals surface area (Å²) in [6.07, 6.45) is 1.45. The molecule has 2 aromatic heterocycles. The van der Waals surface area contributed by atoms with E-state index in [2.05, 4.69) is 20.6 Å². The molecule has 0 spiro atoms. The third-order valence-electron chi connectivity index (χ3n) is 4.65. The third-order valence-corrected chi connectivity index (χ3v) is 4.65. The van der Waals surface area contributed by atoms with Gasteiger partial charge in [-0.25, -0.2) is 14.1 Å². The molecule has 0 aliphatic carbocycles. The van der Waals surface area contributed by atoms with Gasteiger partial charge in [0.05, 0.1) is 30.0 Å². The van der Waals surface area contributed by atoms with Gasteiger partial charge in [0.1, 0.15) is 23.8 Å². The molecule has 4 rings (SSSR count). The van der Waals surface area contributed by atoms with E-state index in [1.165, 1.54) is 16.9 Å². The van der Waals surface area contributed by atoms with Crippen LogP contribution in [-0.2, 0) is 11.3 Å². The fourth-order valence-corrected chi connectivity index (χ4v) is 2.93. The molecular weight excluding hydrogens is 377 g/mol. The summed E-state index contributed by atoms with van der Waals surface area (Å²) < 4.78 is 26.4. The number of pyridine rings is 1. The van der Waals surface area contributed by atoms with E-state index in [9.17, 15) is 9.18 Å². The Morgan fingerprint density at radius 2 is 2.10 bits per heavy atom. The number of para-hydroxylation sites is 1. The molecule has 1 N–H and O–H groups in total. The number of ether oxygens (including phenoxy) is 2. The Bertz CT molecular complexity index is 1030. The van der Waals surface area contributed by atoms with Crippen molar-refractivity contribution in [1.82, 2.24) is 25.3 Å². The van der Waals surface area contributed by atoms with E-state index in [4.69, 9.17) is 9.47 Å². The first-order chi connectivity index (χ1) is 14.0. The van der Waals surface area contributed by atoms with Gasteiger partial charge in [-0.2, -0.15) is 0 Å². The van der Waals surface area contributed by atoms with Crippen molar-refractivity contribution in [3.8, 4) is 11.6 Å². The van der Waals surface area contributed by atoms with E-state index >= 15 is 0 Å². The molecule has 1 aliphatic heterocycles. The molecular formula is C20H20FN5O3. The number of carbonyl (C=O) groups is 1. The van der Waals surface area contributed by atoms with Crippen molar-refractivity contribution in [1.29, 1.82) is 0 Å². The molecule has 0 bridgehead atoms. The number of amides is 1. The van der Waals surface area contributed by atoms with Crippen LogP contribution in [0.25, 0.3) is 5.69 Å². The highest BCUT2D eigenvalue weighted by Crippen LogP contribution is 2.19. The van der Waals surface area contributed by atoms with Gasteiger partial charge in [0.25, 0.3) is 5.91 Å². The highest BCUT2D eigenvalue weighted by atomic mass is 19.1. The highest BCUT2D eigenvalue weighted by Gasteiger charge is 2.35. The molecule has 9 heteroatoms. The van der Waals surface area contributed by atoms with Crippen LogP contribution < -0.4 is 10.1 Å². The number of carbonyl (C=O) groups excluding carboxylic acids is 1. The largest absolute Gasteiger partial charge is 0.471 e. The normalized spacial score (nSPS) is 14.9. The van der Waals surface area contributed by atoms with Crippen LogP contribution in [0.1, 0.15) is 28.7 Å². The Morgan fingerprint density at radius 1 is 1.31 bits per heavy atom. The summed E-state index contributed by atoms with van der Waals surface area (Å²) in [5.74, 6) is -0.286. The summed E-state index contributed by atoms with van der Waals surface area (Å²) in [4.78, 5) is 16.5. The number of rotatable bonds is 6. The molecule has 1 aromatic carbocycles. The summed E-state index contributed by atoms with van der Waals surface area (Å²) in [7, 11) is 0. The second-order valence-electron chi connectivity index (χ2n) is 7.17. The maximum atomic E-state index is 14.1. The van der Waals surface area contributed by atoms with Gasteiger partial charge in [0.2, 0.25) is 5.88 Å². The number of hydrogen-bond donors (Lipinski definition) is 1. The van der Waals surface area contributed by atoms with Gasteiger partial charge in [-0.05, 0) is 32.0 Å². The molecule has 8 nitrogen and oxygen atoms in total. The van der Waals surface area contributed by atoms with Crippen molar-refractivity contribution in [2.24, 2.45) is 0 Å². The van der Waals surface area contributed by atoms with Crippen molar-refractivity contribution in [3.63, 3.8) is 0 Å². The number of hydrogen-bond acceptors (Lipinski definition) is 6. The lowest BCUT2D eigenvalue weighted by atomic mass is 10.0. The van der Waals surface area contributed by atoms with Crippen molar-refractivity contribution < 1.29 is 18.7 Å². The van der Waals surface area contributed by atoms with Crippen molar-refractivity contribution >= 4 is 5.91 Å². The van der Waals surface area contributed by atoms with Crippen LogP contribution in [0.5, 0.6) is 5.88 Å². The van der Waals surface area contributed by atoms with Gasteiger partial charge in [-0.1, -0.05) is 17.3 Å². The Labute approximate surface area is 166 Å². The molecule has 3 aromatic rings. The number of aromatic nitrogens is 4. The molecule has 0 saturated carbocycles. The van der Waals surface area contributed by atoms with Crippen LogP contribution in [0.15, 0.2) is 42.6 Å². The summed E-state index contributed by atoms with van der Waals surface area (Å²) in [6.45, 7) is 4.79. The van der Waals surface area contributed by atoms with E-state index in [1.54, 1.807) is 37.3 Å². The minimum Gasteiger partial charge on any atom is -0.471 e. The van der Waals surface area contributed by atoms with Crippen LogP contribution in [0.2, 0.25) is 0 Å². The zero-order valence-electron chi connectivity index (χ0n) is 16.1. The minimum atomic E-state index is -0.405. The summed E-state index contributed by atoms with van der Waals surface area (Å²) >= 11 is 0. The molecule has 3 heterocycles. The molecule has 29 heavy (non-hydrogen) atoms. The van der Waals surface area contributed by atoms with Crippen molar-refractivity contribution in [2.75, 3.05) is 13.2 Å². The molecule has 1 saturated heterocycles. The zero-order valence-corrected chi connectivity index (χ0v) is 16.1. The summed E-state index contributed by atoms with van der Waals surface area (Å²) in [5.41, 5.74) is 1.62. The van der Waals surface area contributed by atoms with Crippen molar-refractivity contribution in [2.45, 2.75) is 26.0 Å². The molecule has 150 valence electrons. The predicted molar refractivity (Wildman–Crippen MR) is 101 cm³/mol. The average Bonchev–Trinajstić information content (AvgIpc) is 3.06.